The van der Waals surface area contributed by atoms with E-state index in [4.69, 9.17) is 11.6 Å². The zero-order chi connectivity index (χ0) is 23.4. The van der Waals surface area contributed by atoms with Crippen LogP contribution in [0, 0.1) is 18.3 Å². The summed E-state index contributed by atoms with van der Waals surface area (Å²) in [5, 5.41) is 16.5. The van der Waals surface area contributed by atoms with Crippen LogP contribution in [0.4, 0.5) is 10.9 Å². The van der Waals surface area contributed by atoms with E-state index < -0.39 is 5.91 Å². The molecule has 4 rings (SSSR count). The van der Waals surface area contributed by atoms with Crippen LogP contribution in [0.15, 0.2) is 48.3 Å². The number of ketones is 1. The third kappa shape index (κ3) is 5.28. The van der Waals surface area contributed by atoms with Crippen molar-refractivity contribution in [2.45, 2.75) is 32.6 Å². The second kappa shape index (κ2) is 9.94. The molecule has 1 aromatic carbocycles. The highest BCUT2D eigenvalue weighted by Gasteiger charge is 2.23. The fraction of sp³-hybridized carbons (Fsp3) is 0.208. The monoisotopic (exact) mass is 477 g/mol. The number of nitrogens with zero attached hydrogens (tertiary/aromatic N) is 3. The number of carbonyl (C=O) groups excluding carboxylic acids is 2. The normalized spacial score (nSPS) is 13.1. The van der Waals surface area contributed by atoms with Crippen LogP contribution in [0.3, 0.4) is 0 Å². The summed E-state index contributed by atoms with van der Waals surface area (Å²) in [5.74, 6) is -0.842. The third-order valence-electron chi connectivity index (χ3n) is 5.20. The smallest absolute Gasteiger partial charge is 0.274 e. The fourth-order valence-electron chi connectivity index (χ4n) is 3.56. The number of halogens is 1. The summed E-state index contributed by atoms with van der Waals surface area (Å²) in [4.78, 5) is 35.4. The van der Waals surface area contributed by atoms with Gasteiger partial charge in [0.25, 0.3) is 5.91 Å². The predicted octanol–water partition coefficient (Wildman–Crippen LogP) is 5.07. The molecule has 0 saturated carbocycles. The van der Waals surface area contributed by atoms with E-state index in [9.17, 15) is 14.9 Å². The van der Waals surface area contributed by atoms with Crippen LogP contribution in [-0.4, -0.2) is 21.7 Å². The number of allylic oxidation sites excluding steroid dienone is 1. The first-order valence-corrected chi connectivity index (χ1v) is 11.6. The van der Waals surface area contributed by atoms with E-state index in [-0.39, 0.29) is 17.4 Å². The van der Waals surface area contributed by atoms with Crippen LogP contribution in [0.5, 0.6) is 0 Å². The first-order chi connectivity index (χ1) is 15.9. The van der Waals surface area contributed by atoms with E-state index in [1.165, 1.54) is 23.6 Å². The highest BCUT2D eigenvalue weighted by Crippen LogP contribution is 2.38. The van der Waals surface area contributed by atoms with Gasteiger partial charge in [0.1, 0.15) is 16.8 Å². The Morgan fingerprint density at radius 2 is 1.91 bits per heavy atom. The molecule has 1 amide bonds. The number of fused-ring (bicyclic) bond motifs is 1. The van der Waals surface area contributed by atoms with Crippen molar-refractivity contribution in [1.29, 1.82) is 5.26 Å². The molecule has 0 bridgehead atoms. The molecule has 0 atom stereocenters. The number of thiophene rings is 1. The number of hydrogen-bond donors (Lipinski definition) is 2. The van der Waals surface area contributed by atoms with E-state index in [0.717, 1.165) is 36.1 Å². The van der Waals surface area contributed by atoms with Crippen LogP contribution < -0.4 is 10.6 Å². The summed E-state index contributed by atoms with van der Waals surface area (Å²) in [5.41, 5.74) is 2.62. The van der Waals surface area contributed by atoms with E-state index >= 15 is 0 Å². The fourth-order valence-corrected chi connectivity index (χ4v) is 4.94. The zero-order valence-corrected chi connectivity index (χ0v) is 19.4. The maximum atomic E-state index is 13.1. The van der Waals surface area contributed by atoms with Crippen molar-refractivity contribution >= 4 is 45.6 Å². The lowest BCUT2D eigenvalue weighted by Gasteiger charge is -2.11. The first-order valence-electron chi connectivity index (χ1n) is 10.4. The van der Waals surface area contributed by atoms with Crippen molar-refractivity contribution in [2.24, 2.45) is 0 Å². The largest absolute Gasteiger partial charge is 0.342 e. The number of carbonyl (C=O) groups is 2. The highest BCUT2D eigenvalue weighted by molar-refractivity contribution is 7.16. The number of rotatable bonds is 6. The van der Waals surface area contributed by atoms with Gasteiger partial charge in [-0.1, -0.05) is 11.6 Å². The maximum absolute atomic E-state index is 13.1. The molecule has 1 aliphatic carbocycles. The van der Waals surface area contributed by atoms with Gasteiger partial charge in [0.05, 0.1) is 5.56 Å². The summed E-state index contributed by atoms with van der Waals surface area (Å²) < 4.78 is 0. The molecular weight excluding hydrogens is 458 g/mol. The molecule has 0 saturated heterocycles. The average molecular weight is 478 g/mol. The van der Waals surface area contributed by atoms with Gasteiger partial charge in [0, 0.05) is 33.4 Å². The van der Waals surface area contributed by atoms with Gasteiger partial charge in [-0.2, -0.15) is 5.26 Å². The first kappa shape index (κ1) is 22.6. The Hall–Kier alpha value is -3.54. The van der Waals surface area contributed by atoms with Gasteiger partial charge < -0.3 is 5.32 Å². The molecule has 0 fully saturated rings. The number of nitriles is 1. The summed E-state index contributed by atoms with van der Waals surface area (Å²) in [6.07, 6.45) is 6.59. The molecule has 0 radical (unpaired) electrons. The number of aryl methyl sites for hydroxylation is 2. The molecule has 2 heterocycles. The van der Waals surface area contributed by atoms with E-state index in [1.54, 1.807) is 37.3 Å². The number of benzene rings is 1. The second-order valence-corrected chi connectivity index (χ2v) is 9.10. The summed E-state index contributed by atoms with van der Waals surface area (Å²) >= 11 is 7.37. The molecule has 9 heteroatoms. The maximum Gasteiger partial charge on any atom is 0.274 e. The lowest BCUT2D eigenvalue weighted by molar-refractivity contribution is -0.112. The topological polar surface area (TPSA) is 108 Å². The Balaban J connectivity index is 1.69. The van der Waals surface area contributed by atoms with Crippen LogP contribution in [0.2, 0.25) is 5.02 Å². The number of amides is 1. The summed E-state index contributed by atoms with van der Waals surface area (Å²) in [7, 11) is 0. The van der Waals surface area contributed by atoms with Crippen molar-refractivity contribution in [3.05, 3.63) is 80.6 Å². The Bertz CT molecular complexity index is 1290. The van der Waals surface area contributed by atoms with Gasteiger partial charge >= 0.3 is 0 Å². The molecule has 1 aliphatic rings. The van der Waals surface area contributed by atoms with Crippen molar-refractivity contribution in [3.8, 4) is 6.07 Å². The Morgan fingerprint density at radius 1 is 1.15 bits per heavy atom. The molecular formula is C24H20ClN5O2S. The van der Waals surface area contributed by atoms with Gasteiger partial charge in [-0.15, -0.1) is 11.3 Å². The van der Waals surface area contributed by atoms with Crippen LogP contribution in [-0.2, 0) is 17.6 Å². The Kier molecular flexibility index (Phi) is 6.82. The molecule has 0 unspecified atom stereocenters. The van der Waals surface area contributed by atoms with E-state index in [0.29, 0.717) is 26.8 Å². The number of nitrogens with one attached hydrogen (secondary N) is 2. The van der Waals surface area contributed by atoms with Gasteiger partial charge in [-0.05, 0) is 68.5 Å². The molecule has 0 spiro atoms. The van der Waals surface area contributed by atoms with Gasteiger partial charge in [-0.25, -0.2) is 9.97 Å². The minimum absolute atomic E-state index is 0.00449. The minimum atomic E-state index is -0.585. The molecule has 166 valence electrons. The lowest BCUT2D eigenvalue weighted by Crippen LogP contribution is -2.22. The standard InChI is InChI=1S/C24H20ClN5O2S/c1-14-10-11-27-24(28-14)30-22(32)19(12-20(31)15-6-8-16(25)9-7-15)29-23-18(13-26)17-4-2-3-5-21(17)33-23/h6-12,29H,2-5H2,1H3,(H,27,28,30,32). The third-order valence-corrected chi connectivity index (χ3v) is 6.66. The number of hydrogen-bond acceptors (Lipinski definition) is 7. The van der Waals surface area contributed by atoms with Gasteiger partial charge in [-0.3, -0.25) is 14.9 Å². The van der Waals surface area contributed by atoms with Crippen LogP contribution in [0.25, 0.3) is 0 Å². The van der Waals surface area contributed by atoms with Crippen molar-refractivity contribution in [2.75, 3.05) is 10.6 Å². The molecule has 0 aliphatic heterocycles. The lowest BCUT2D eigenvalue weighted by atomic mass is 9.96. The minimum Gasteiger partial charge on any atom is -0.342 e. The van der Waals surface area contributed by atoms with Crippen molar-refractivity contribution < 1.29 is 9.59 Å². The van der Waals surface area contributed by atoms with E-state index in [2.05, 4.69) is 26.7 Å². The molecule has 2 N–H and O–H groups in total. The quantitative estimate of drug-likeness (QED) is 0.379. The number of aromatic nitrogens is 2. The van der Waals surface area contributed by atoms with Gasteiger partial charge in [0.2, 0.25) is 5.95 Å². The van der Waals surface area contributed by atoms with Gasteiger partial charge in [0.15, 0.2) is 5.78 Å². The zero-order valence-electron chi connectivity index (χ0n) is 17.8. The Labute approximate surface area is 200 Å². The Morgan fingerprint density at radius 3 is 2.64 bits per heavy atom. The molecule has 33 heavy (non-hydrogen) atoms. The molecule has 7 nitrogen and oxygen atoms in total. The van der Waals surface area contributed by atoms with E-state index in [1.807, 2.05) is 0 Å². The summed E-state index contributed by atoms with van der Waals surface area (Å²) in [6, 6.07) is 10.4. The average Bonchev–Trinajstić information content (AvgIpc) is 3.16. The number of anilines is 2. The van der Waals surface area contributed by atoms with Crippen LogP contribution in [0.1, 0.15) is 44.9 Å². The van der Waals surface area contributed by atoms with Crippen molar-refractivity contribution in [1.82, 2.24) is 9.97 Å². The van der Waals surface area contributed by atoms with Crippen LogP contribution >= 0.6 is 22.9 Å². The summed E-state index contributed by atoms with van der Waals surface area (Å²) in [6.45, 7) is 1.78. The SMILES string of the molecule is Cc1ccnc(NC(=O)C(=CC(=O)c2ccc(Cl)cc2)Nc2sc3c(c2C#N)CCCC3)n1. The predicted molar refractivity (Wildman–Crippen MR) is 129 cm³/mol. The molecule has 3 aromatic rings. The highest BCUT2D eigenvalue weighted by atomic mass is 35.5. The molecule has 2 aromatic heterocycles. The second-order valence-electron chi connectivity index (χ2n) is 7.56. The van der Waals surface area contributed by atoms with Crippen molar-refractivity contribution in [3.63, 3.8) is 0 Å².